The minimum absolute atomic E-state index is 0.0680. The molecule has 19 heavy (non-hydrogen) atoms. The van der Waals surface area contributed by atoms with E-state index in [-0.39, 0.29) is 12.4 Å². The van der Waals surface area contributed by atoms with Gasteiger partial charge in [-0.1, -0.05) is 0 Å². The van der Waals surface area contributed by atoms with Gasteiger partial charge in [0.15, 0.2) is 0 Å². The largest absolute Gasteiger partial charge is 0.395 e. The van der Waals surface area contributed by atoms with Crippen molar-refractivity contribution in [2.45, 2.75) is 6.92 Å². The molecule has 1 aromatic heterocycles. The van der Waals surface area contributed by atoms with Crippen LogP contribution in [-0.4, -0.2) is 65.0 Å². The highest BCUT2D eigenvalue weighted by Gasteiger charge is 2.24. The van der Waals surface area contributed by atoms with Crippen LogP contribution in [0.5, 0.6) is 0 Å². The van der Waals surface area contributed by atoms with E-state index in [1.807, 2.05) is 14.0 Å². The molecule has 2 heterocycles. The van der Waals surface area contributed by atoms with Crippen LogP contribution < -0.4 is 10.6 Å². The Bertz CT molecular complexity index is 461. The lowest BCUT2D eigenvalue weighted by Crippen LogP contribution is -2.48. The average molecular weight is 266 g/mol. The summed E-state index contributed by atoms with van der Waals surface area (Å²) in [5.41, 5.74) is 7.20. The lowest BCUT2D eigenvalue weighted by Gasteiger charge is -2.35. The lowest BCUT2D eigenvalue weighted by molar-refractivity contribution is 0.188. The molecular formula is C12H22N6O. The van der Waals surface area contributed by atoms with Crippen molar-refractivity contribution in [3.63, 3.8) is 0 Å². The molecule has 1 aromatic rings. The molecule has 1 saturated heterocycles. The molecule has 0 saturated carbocycles. The second kappa shape index (κ2) is 5.58. The molecule has 0 radical (unpaired) electrons. The van der Waals surface area contributed by atoms with Crippen molar-refractivity contribution in [1.82, 2.24) is 14.7 Å². The van der Waals surface area contributed by atoms with Crippen molar-refractivity contribution in [3.05, 3.63) is 11.3 Å². The highest BCUT2D eigenvalue weighted by Crippen LogP contribution is 2.23. The van der Waals surface area contributed by atoms with Gasteiger partial charge in [0.25, 0.3) is 0 Å². The zero-order valence-corrected chi connectivity index (χ0v) is 11.6. The maximum absolute atomic E-state index is 8.95. The predicted octanol–water partition coefficient (Wildman–Crippen LogP) is -0.873. The fourth-order valence-corrected chi connectivity index (χ4v) is 2.65. The molecule has 106 valence electrons. The first-order valence-electron chi connectivity index (χ1n) is 6.50. The Hall–Kier alpha value is -1.60. The van der Waals surface area contributed by atoms with Crippen molar-refractivity contribution >= 4 is 11.7 Å². The molecule has 2 rings (SSSR count). The van der Waals surface area contributed by atoms with Crippen molar-refractivity contribution in [3.8, 4) is 0 Å². The summed E-state index contributed by atoms with van der Waals surface area (Å²) in [5.74, 6) is 0.993. The van der Waals surface area contributed by atoms with Crippen molar-refractivity contribution in [1.29, 1.82) is 5.41 Å². The quantitative estimate of drug-likeness (QED) is 0.486. The summed E-state index contributed by atoms with van der Waals surface area (Å²) in [5, 5.41) is 21.0. The summed E-state index contributed by atoms with van der Waals surface area (Å²) >= 11 is 0. The molecule has 0 spiro atoms. The number of hydrogen-bond donors (Lipinski definition) is 3. The van der Waals surface area contributed by atoms with Gasteiger partial charge in [-0.2, -0.15) is 5.10 Å². The number of aryl methyl sites for hydroxylation is 2. The number of nitrogens with two attached hydrogens (primary N) is 1. The van der Waals surface area contributed by atoms with Gasteiger partial charge in [-0.15, -0.1) is 0 Å². The number of aliphatic hydroxyl groups is 1. The van der Waals surface area contributed by atoms with E-state index >= 15 is 0 Å². The van der Waals surface area contributed by atoms with Crippen LogP contribution >= 0.6 is 0 Å². The average Bonchev–Trinajstić information content (AvgIpc) is 2.66. The van der Waals surface area contributed by atoms with Crippen LogP contribution in [0.3, 0.4) is 0 Å². The van der Waals surface area contributed by atoms with Crippen LogP contribution in [-0.2, 0) is 7.05 Å². The summed E-state index contributed by atoms with van der Waals surface area (Å²) in [6, 6.07) is 0. The second-order valence-corrected chi connectivity index (χ2v) is 4.87. The number of amidine groups is 1. The summed E-state index contributed by atoms with van der Waals surface area (Å²) in [7, 11) is 1.88. The molecule has 1 aliphatic rings. The van der Waals surface area contributed by atoms with Crippen LogP contribution in [0.1, 0.15) is 11.3 Å². The predicted molar refractivity (Wildman–Crippen MR) is 74.7 cm³/mol. The van der Waals surface area contributed by atoms with Gasteiger partial charge in [0.2, 0.25) is 0 Å². The number of nitrogens with one attached hydrogen (secondary N) is 1. The van der Waals surface area contributed by atoms with Crippen LogP contribution in [0.25, 0.3) is 0 Å². The van der Waals surface area contributed by atoms with E-state index in [9.17, 15) is 0 Å². The molecule has 0 bridgehead atoms. The zero-order valence-electron chi connectivity index (χ0n) is 11.6. The summed E-state index contributed by atoms with van der Waals surface area (Å²) < 4.78 is 1.80. The van der Waals surface area contributed by atoms with Gasteiger partial charge in [0.05, 0.1) is 17.9 Å². The highest BCUT2D eigenvalue weighted by molar-refractivity contribution is 6.00. The maximum atomic E-state index is 8.95. The van der Waals surface area contributed by atoms with E-state index in [0.717, 1.165) is 49.8 Å². The topological polar surface area (TPSA) is 94.4 Å². The molecule has 0 amide bonds. The molecule has 4 N–H and O–H groups in total. The van der Waals surface area contributed by atoms with Gasteiger partial charge in [-0.25, -0.2) is 0 Å². The van der Waals surface area contributed by atoms with E-state index in [4.69, 9.17) is 16.2 Å². The Morgan fingerprint density at radius 3 is 2.53 bits per heavy atom. The molecular weight excluding hydrogens is 244 g/mol. The van der Waals surface area contributed by atoms with Crippen molar-refractivity contribution in [2.24, 2.45) is 12.8 Å². The Labute approximate surface area is 113 Å². The summed E-state index contributed by atoms with van der Waals surface area (Å²) in [6.07, 6.45) is 0. The Morgan fingerprint density at radius 1 is 1.37 bits per heavy atom. The van der Waals surface area contributed by atoms with Crippen LogP contribution in [0, 0.1) is 12.3 Å². The highest BCUT2D eigenvalue weighted by atomic mass is 16.3. The van der Waals surface area contributed by atoms with Crippen molar-refractivity contribution < 1.29 is 5.11 Å². The number of rotatable bonds is 4. The fourth-order valence-electron chi connectivity index (χ4n) is 2.65. The zero-order chi connectivity index (χ0) is 14.0. The third kappa shape index (κ3) is 2.71. The van der Waals surface area contributed by atoms with Crippen LogP contribution in [0.15, 0.2) is 0 Å². The first kappa shape index (κ1) is 13.8. The van der Waals surface area contributed by atoms with Crippen LogP contribution in [0.4, 0.5) is 5.82 Å². The molecule has 0 aliphatic carbocycles. The van der Waals surface area contributed by atoms with Gasteiger partial charge in [0.1, 0.15) is 11.7 Å². The smallest absolute Gasteiger partial charge is 0.137 e. The number of anilines is 1. The molecule has 0 unspecified atom stereocenters. The fraction of sp³-hybridized carbons (Fsp3) is 0.667. The number of nitrogen functional groups attached to an aromatic ring is 1. The van der Waals surface area contributed by atoms with E-state index in [0.29, 0.717) is 0 Å². The van der Waals surface area contributed by atoms with Gasteiger partial charge in [-0.3, -0.25) is 15.0 Å². The number of β-amino-alcohol motifs (C(OH)–C–C–N with tert-alkyl or cyclic N) is 1. The van der Waals surface area contributed by atoms with E-state index in [1.54, 1.807) is 4.68 Å². The molecule has 7 nitrogen and oxygen atoms in total. The van der Waals surface area contributed by atoms with Gasteiger partial charge < -0.3 is 15.7 Å². The van der Waals surface area contributed by atoms with Gasteiger partial charge in [0, 0.05) is 39.8 Å². The Morgan fingerprint density at radius 2 is 2.00 bits per heavy atom. The number of piperazine rings is 1. The monoisotopic (exact) mass is 266 g/mol. The SMILES string of the molecule is Cc1nn(C)c(N2CCN(CCO)CC2)c1C(=N)N. The lowest BCUT2D eigenvalue weighted by atomic mass is 10.2. The van der Waals surface area contributed by atoms with E-state index in [1.165, 1.54) is 0 Å². The van der Waals surface area contributed by atoms with Gasteiger partial charge >= 0.3 is 0 Å². The number of nitrogens with zero attached hydrogens (tertiary/aromatic N) is 4. The first-order valence-corrected chi connectivity index (χ1v) is 6.50. The molecule has 0 aromatic carbocycles. The standard InChI is InChI=1S/C12H22N6O/c1-9-10(11(13)14)12(16(2)15-9)18-5-3-17(4-6-18)7-8-19/h19H,3-8H2,1-2H3,(H3,13,14). The Kier molecular flexibility index (Phi) is 4.06. The minimum Gasteiger partial charge on any atom is -0.395 e. The van der Waals surface area contributed by atoms with Gasteiger partial charge in [-0.05, 0) is 6.92 Å². The van der Waals surface area contributed by atoms with E-state index in [2.05, 4.69) is 14.9 Å². The molecule has 0 atom stereocenters. The van der Waals surface area contributed by atoms with Crippen molar-refractivity contribution in [2.75, 3.05) is 44.2 Å². The number of aromatic nitrogens is 2. The molecule has 1 fully saturated rings. The number of aliphatic hydroxyl groups excluding tert-OH is 1. The molecule has 7 heteroatoms. The first-order chi connectivity index (χ1) is 9.04. The third-order valence-corrected chi connectivity index (χ3v) is 3.55. The minimum atomic E-state index is 0.0680. The second-order valence-electron chi connectivity index (χ2n) is 4.87. The Balaban J connectivity index is 2.17. The number of hydrogen-bond acceptors (Lipinski definition) is 5. The van der Waals surface area contributed by atoms with E-state index < -0.39 is 0 Å². The summed E-state index contributed by atoms with van der Waals surface area (Å²) in [4.78, 5) is 4.44. The normalized spacial score (nSPS) is 16.9. The molecule has 1 aliphatic heterocycles. The maximum Gasteiger partial charge on any atom is 0.137 e. The summed E-state index contributed by atoms with van der Waals surface area (Å²) in [6.45, 7) is 6.33. The van der Waals surface area contributed by atoms with Crippen LogP contribution in [0.2, 0.25) is 0 Å². The third-order valence-electron chi connectivity index (χ3n) is 3.55.